The first-order chi connectivity index (χ1) is 12.2. The summed E-state index contributed by atoms with van der Waals surface area (Å²) in [6.07, 6.45) is 5.43. The molecule has 0 saturated carbocycles. The Bertz CT molecular complexity index is 878. The Hall–Kier alpha value is -1.49. The zero-order chi connectivity index (χ0) is 19.3. The minimum Gasteiger partial charge on any atom is -0.402 e. The minimum atomic E-state index is 0.0920. The summed E-state index contributed by atoms with van der Waals surface area (Å²) in [5, 5.41) is 1.15. The van der Waals surface area contributed by atoms with Crippen LogP contribution in [0.15, 0.2) is 47.4 Å². The highest BCUT2D eigenvalue weighted by Crippen LogP contribution is 2.25. The molecular formula is C22H30N2S2. The van der Waals surface area contributed by atoms with Crippen LogP contribution in [0, 0.1) is 0 Å². The monoisotopic (exact) mass is 386 g/mol. The van der Waals surface area contributed by atoms with Crippen LogP contribution in [0.5, 0.6) is 0 Å². The second-order valence-electron chi connectivity index (χ2n) is 7.51. The molecule has 0 saturated heterocycles. The van der Waals surface area contributed by atoms with Crippen molar-refractivity contribution in [2.45, 2.75) is 58.4 Å². The molecule has 0 radical (unpaired) electrons. The van der Waals surface area contributed by atoms with Gasteiger partial charge in [-0.15, -0.1) is 11.3 Å². The molecule has 0 aliphatic heterocycles. The molecule has 4 heteroatoms. The molecule has 1 aromatic heterocycles. The maximum absolute atomic E-state index is 6.15. The Labute approximate surface area is 166 Å². The van der Waals surface area contributed by atoms with E-state index in [0.29, 0.717) is 0 Å². The fourth-order valence-electron chi connectivity index (χ4n) is 2.39. The number of benzene rings is 1. The summed E-state index contributed by atoms with van der Waals surface area (Å²) in [5.74, 6) is 0. The van der Waals surface area contributed by atoms with Gasteiger partial charge in [-0.05, 0) is 82.3 Å². The van der Waals surface area contributed by atoms with Gasteiger partial charge in [0.05, 0.1) is 0 Å². The average molecular weight is 387 g/mol. The van der Waals surface area contributed by atoms with E-state index in [0.717, 1.165) is 17.3 Å². The highest BCUT2D eigenvalue weighted by Gasteiger charge is 2.10. The van der Waals surface area contributed by atoms with Crippen molar-refractivity contribution in [3.63, 3.8) is 0 Å². The molecule has 140 valence electrons. The van der Waals surface area contributed by atoms with Crippen molar-refractivity contribution in [2.75, 3.05) is 0 Å². The normalized spacial score (nSPS) is 14.7. The highest BCUT2D eigenvalue weighted by molar-refractivity contribution is 7.97. The average Bonchev–Trinajstić information content (AvgIpc) is 3.03. The standard InChI is InChI=1S/C22H30N2S2/c1-7-8-9-15(2)21-19(16(3)23)14-20(25-21)17-10-12-18(13-11-17)26-24-22(4,5)6/h8-14,24H,7,23H2,1-6H3/b9-8+,19-16+,21-15+. The van der Waals surface area contributed by atoms with Crippen molar-refractivity contribution >= 4 is 34.6 Å². The number of rotatable bonds is 5. The van der Waals surface area contributed by atoms with Crippen molar-refractivity contribution in [3.05, 3.63) is 52.2 Å². The Morgan fingerprint density at radius 3 is 2.38 bits per heavy atom. The summed E-state index contributed by atoms with van der Waals surface area (Å²) < 4.78 is 4.71. The van der Waals surface area contributed by atoms with Crippen LogP contribution >= 0.6 is 23.3 Å². The Morgan fingerprint density at radius 2 is 1.85 bits per heavy atom. The number of allylic oxidation sites excluding steroid dienone is 2. The Morgan fingerprint density at radius 1 is 1.19 bits per heavy atom. The number of hydrogen-bond donors (Lipinski definition) is 2. The second kappa shape index (κ2) is 8.94. The summed E-state index contributed by atoms with van der Waals surface area (Å²) in [6.45, 7) is 12.8. The molecule has 0 unspecified atom stereocenters. The molecule has 26 heavy (non-hydrogen) atoms. The van der Waals surface area contributed by atoms with Gasteiger partial charge in [-0.2, -0.15) is 0 Å². The van der Waals surface area contributed by atoms with Gasteiger partial charge in [0.2, 0.25) is 0 Å². The van der Waals surface area contributed by atoms with Gasteiger partial charge in [0, 0.05) is 30.8 Å². The first-order valence-electron chi connectivity index (χ1n) is 8.99. The highest BCUT2D eigenvalue weighted by atomic mass is 32.2. The third-order valence-electron chi connectivity index (χ3n) is 3.73. The molecule has 2 rings (SSSR count). The van der Waals surface area contributed by atoms with Crippen LogP contribution in [0.25, 0.3) is 21.7 Å². The van der Waals surface area contributed by atoms with Crippen LogP contribution in [0.1, 0.15) is 48.0 Å². The third kappa shape index (κ3) is 5.76. The predicted octanol–water partition coefficient (Wildman–Crippen LogP) is 5.03. The van der Waals surface area contributed by atoms with Gasteiger partial charge in [0.15, 0.2) is 0 Å². The zero-order valence-electron chi connectivity index (χ0n) is 16.6. The lowest BCUT2D eigenvalue weighted by Crippen LogP contribution is -2.29. The lowest BCUT2D eigenvalue weighted by atomic mass is 10.1. The molecule has 0 aliphatic rings. The van der Waals surface area contributed by atoms with Crippen LogP contribution < -0.4 is 20.2 Å². The van der Waals surface area contributed by atoms with E-state index in [1.807, 2.05) is 18.3 Å². The van der Waals surface area contributed by atoms with Crippen LogP contribution in [-0.2, 0) is 0 Å². The summed E-state index contributed by atoms with van der Waals surface area (Å²) in [5.41, 5.74) is 9.61. The van der Waals surface area contributed by atoms with Crippen molar-refractivity contribution < 1.29 is 0 Å². The molecule has 0 amide bonds. The van der Waals surface area contributed by atoms with E-state index >= 15 is 0 Å². The lowest BCUT2D eigenvalue weighted by Gasteiger charge is -2.19. The van der Waals surface area contributed by atoms with E-state index in [-0.39, 0.29) is 5.54 Å². The predicted molar refractivity (Wildman–Crippen MR) is 120 cm³/mol. The number of hydrogen-bond acceptors (Lipinski definition) is 4. The van der Waals surface area contributed by atoms with E-state index in [9.17, 15) is 0 Å². The molecule has 3 N–H and O–H groups in total. The number of nitrogens with one attached hydrogen (secondary N) is 1. The van der Waals surface area contributed by atoms with Crippen molar-refractivity contribution in [3.8, 4) is 10.4 Å². The van der Waals surface area contributed by atoms with Gasteiger partial charge in [-0.1, -0.05) is 31.2 Å². The molecular weight excluding hydrogens is 356 g/mol. The summed E-state index contributed by atoms with van der Waals surface area (Å²) in [7, 11) is 0. The van der Waals surface area contributed by atoms with Gasteiger partial charge in [-0.25, -0.2) is 0 Å². The first kappa shape index (κ1) is 20.8. The van der Waals surface area contributed by atoms with E-state index in [1.54, 1.807) is 11.9 Å². The zero-order valence-corrected chi connectivity index (χ0v) is 18.3. The molecule has 0 bridgehead atoms. The smallest absolute Gasteiger partial charge is 0.0395 e. The third-order valence-corrected chi connectivity index (χ3v) is 6.27. The molecule has 0 spiro atoms. The van der Waals surface area contributed by atoms with Crippen molar-refractivity contribution in [1.29, 1.82) is 0 Å². The fourth-order valence-corrected chi connectivity index (χ4v) is 4.29. The van der Waals surface area contributed by atoms with Crippen LogP contribution in [0.2, 0.25) is 0 Å². The van der Waals surface area contributed by atoms with Gasteiger partial charge < -0.3 is 5.73 Å². The van der Waals surface area contributed by atoms with E-state index in [4.69, 9.17) is 5.73 Å². The van der Waals surface area contributed by atoms with E-state index in [1.165, 1.54) is 25.4 Å². The number of nitrogens with two attached hydrogens (primary N) is 1. The topological polar surface area (TPSA) is 38.0 Å². The van der Waals surface area contributed by atoms with Crippen LogP contribution in [0.3, 0.4) is 0 Å². The fraction of sp³-hybridized carbons (Fsp3) is 0.364. The lowest BCUT2D eigenvalue weighted by molar-refractivity contribution is 0.535. The molecule has 1 heterocycles. The van der Waals surface area contributed by atoms with E-state index < -0.39 is 0 Å². The van der Waals surface area contributed by atoms with Crippen molar-refractivity contribution in [1.82, 2.24) is 4.72 Å². The van der Waals surface area contributed by atoms with Gasteiger partial charge in [0.1, 0.15) is 0 Å². The molecule has 0 fully saturated rings. The van der Waals surface area contributed by atoms with Crippen LogP contribution in [-0.4, -0.2) is 5.54 Å². The van der Waals surface area contributed by atoms with Gasteiger partial charge >= 0.3 is 0 Å². The van der Waals surface area contributed by atoms with E-state index in [2.05, 4.69) is 81.8 Å². The minimum absolute atomic E-state index is 0.0920. The van der Waals surface area contributed by atoms with Crippen LogP contribution in [0.4, 0.5) is 0 Å². The number of thiophene rings is 1. The maximum Gasteiger partial charge on any atom is 0.0395 e. The first-order valence-corrected chi connectivity index (χ1v) is 10.6. The molecule has 2 nitrogen and oxygen atoms in total. The summed E-state index contributed by atoms with van der Waals surface area (Å²) in [4.78, 5) is 2.47. The van der Waals surface area contributed by atoms with Gasteiger partial charge in [-0.3, -0.25) is 4.72 Å². The maximum atomic E-state index is 6.15. The second-order valence-corrected chi connectivity index (χ2v) is 9.44. The largest absolute Gasteiger partial charge is 0.402 e. The molecule has 2 aromatic rings. The molecule has 1 aromatic carbocycles. The quantitative estimate of drug-likeness (QED) is 0.708. The SMILES string of the molecule is CC/C=C/C(C)=c1/sc(-c2ccc(SNC(C)(C)C)cc2)c/c1=C(/C)N. The molecule has 0 atom stereocenters. The van der Waals surface area contributed by atoms with Gasteiger partial charge in [0.25, 0.3) is 0 Å². The Kier molecular flexibility index (Phi) is 7.16. The summed E-state index contributed by atoms with van der Waals surface area (Å²) >= 11 is 3.49. The Balaban J connectivity index is 2.38. The van der Waals surface area contributed by atoms with Crippen molar-refractivity contribution in [2.24, 2.45) is 5.73 Å². The summed E-state index contributed by atoms with van der Waals surface area (Å²) in [6, 6.07) is 10.9. The molecule has 0 aliphatic carbocycles.